The first kappa shape index (κ1) is 13.1. The average Bonchev–Trinajstić information content (AvgIpc) is 2.02. The van der Waals surface area contributed by atoms with Gasteiger partial charge in [0, 0.05) is 27.3 Å². The Morgan fingerprint density at radius 2 is 1.31 bits per heavy atom. The molecular formula is C9H23NO2Si. The van der Waals surface area contributed by atoms with Crippen LogP contribution in [0.1, 0.15) is 0 Å². The van der Waals surface area contributed by atoms with Crippen molar-refractivity contribution in [3.8, 4) is 0 Å². The van der Waals surface area contributed by atoms with Gasteiger partial charge >= 0.3 is 0 Å². The third-order valence-corrected chi connectivity index (χ3v) is 4.42. The van der Waals surface area contributed by atoms with Gasteiger partial charge in [0.25, 0.3) is 0 Å². The molecule has 4 heteroatoms. The van der Waals surface area contributed by atoms with Crippen molar-refractivity contribution in [3.05, 3.63) is 0 Å². The second-order valence-electron chi connectivity index (χ2n) is 4.14. The fourth-order valence-electron chi connectivity index (χ4n) is 1.19. The van der Waals surface area contributed by atoms with Crippen molar-refractivity contribution in [2.45, 2.75) is 19.6 Å². The van der Waals surface area contributed by atoms with E-state index in [0.29, 0.717) is 0 Å². The van der Waals surface area contributed by atoms with E-state index in [0.717, 1.165) is 26.3 Å². The van der Waals surface area contributed by atoms with Crippen LogP contribution in [0.4, 0.5) is 0 Å². The van der Waals surface area contributed by atoms with Crippen molar-refractivity contribution in [2.24, 2.45) is 0 Å². The third kappa shape index (κ3) is 6.21. The van der Waals surface area contributed by atoms with E-state index >= 15 is 0 Å². The number of ether oxygens (including phenoxy) is 2. The molecule has 13 heavy (non-hydrogen) atoms. The van der Waals surface area contributed by atoms with Crippen molar-refractivity contribution in [1.82, 2.24) is 4.57 Å². The molecule has 0 amide bonds. The fraction of sp³-hybridized carbons (Fsp3) is 1.00. The van der Waals surface area contributed by atoms with Crippen LogP contribution in [0.15, 0.2) is 0 Å². The summed E-state index contributed by atoms with van der Waals surface area (Å²) in [5, 5.41) is 0. The van der Waals surface area contributed by atoms with E-state index in [-0.39, 0.29) is 0 Å². The summed E-state index contributed by atoms with van der Waals surface area (Å²) in [6.07, 6.45) is 0. The number of methoxy groups -OCH3 is 2. The van der Waals surface area contributed by atoms with E-state index in [1.165, 1.54) is 0 Å². The van der Waals surface area contributed by atoms with Crippen LogP contribution in [0.2, 0.25) is 19.6 Å². The Hall–Kier alpha value is 0.0969. The molecule has 0 unspecified atom stereocenters. The minimum atomic E-state index is -1.19. The van der Waals surface area contributed by atoms with Crippen LogP contribution in [0.5, 0.6) is 0 Å². The molecule has 0 aliphatic carbocycles. The summed E-state index contributed by atoms with van der Waals surface area (Å²) in [4.78, 5) is 0. The van der Waals surface area contributed by atoms with Gasteiger partial charge < -0.3 is 14.0 Å². The minimum absolute atomic E-state index is 0.813. The van der Waals surface area contributed by atoms with Gasteiger partial charge in [0.1, 0.15) is 8.24 Å². The molecule has 0 heterocycles. The normalized spacial score (nSPS) is 12.5. The lowest BCUT2D eigenvalue weighted by atomic mass is 10.6. The topological polar surface area (TPSA) is 21.7 Å². The SMILES string of the molecule is COCCN(CCOC)[Si](C)(C)C. The largest absolute Gasteiger partial charge is 0.383 e. The maximum absolute atomic E-state index is 5.09. The predicted octanol–water partition coefficient (Wildman–Crippen LogP) is 1.42. The maximum Gasteiger partial charge on any atom is 0.119 e. The molecule has 0 aromatic rings. The van der Waals surface area contributed by atoms with Gasteiger partial charge in [-0.3, -0.25) is 0 Å². The summed E-state index contributed by atoms with van der Waals surface area (Å²) < 4.78 is 12.7. The highest BCUT2D eigenvalue weighted by Gasteiger charge is 2.22. The van der Waals surface area contributed by atoms with E-state index in [4.69, 9.17) is 9.47 Å². The zero-order valence-electron chi connectivity index (χ0n) is 9.59. The molecule has 0 bridgehead atoms. The van der Waals surface area contributed by atoms with E-state index in [1.54, 1.807) is 14.2 Å². The third-order valence-electron chi connectivity index (χ3n) is 2.08. The fourth-order valence-corrected chi connectivity index (χ4v) is 2.71. The Morgan fingerprint density at radius 3 is 1.54 bits per heavy atom. The second kappa shape index (κ2) is 6.54. The van der Waals surface area contributed by atoms with Crippen LogP contribution in [0.25, 0.3) is 0 Å². The molecule has 0 aromatic carbocycles. The van der Waals surface area contributed by atoms with Crippen LogP contribution in [-0.2, 0) is 9.47 Å². The number of hydrogen-bond donors (Lipinski definition) is 0. The Morgan fingerprint density at radius 1 is 0.923 bits per heavy atom. The molecule has 0 N–H and O–H groups in total. The second-order valence-corrected chi connectivity index (χ2v) is 9.12. The lowest BCUT2D eigenvalue weighted by molar-refractivity contribution is 0.147. The van der Waals surface area contributed by atoms with Crippen LogP contribution >= 0.6 is 0 Å². The molecule has 0 aliphatic heterocycles. The lowest BCUT2D eigenvalue weighted by Crippen LogP contribution is -2.49. The van der Waals surface area contributed by atoms with Crippen LogP contribution in [-0.4, -0.2) is 53.3 Å². The molecule has 3 nitrogen and oxygen atoms in total. The molecule has 0 saturated carbocycles. The molecule has 0 aromatic heterocycles. The van der Waals surface area contributed by atoms with Gasteiger partial charge in [-0.15, -0.1) is 0 Å². The highest BCUT2D eigenvalue weighted by Crippen LogP contribution is 2.08. The van der Waals surface area contributed by atoms with E-state index in [9.17, 15) is 0 Å². The van der Waals surface area contributed by atoms with E-state index in [2.05, 4.69) is 24.2 Å². The Balaban J connectivity index is 3.88. The lowest BCUT2D eigenvalue weighted by Gasteiger charge is -2.33. The Labute approximate surface area is 83.1 Å². The quantitative estimate of drug-likeness (QED) is 0.587. The first-order chi connectivity index (χ1) is 6.02. The van der Waals surface area contributed by atoms with Crippen LogP contribution in [0, 0.1) is 0 Å². The molecule has 0 saturated heterocycles. The van der Waals surface area contributed by atoms with Crippen molar-refractivity contribution in [3.63, 3.8) is 0 Å². The summed E-state index contributed by atoms with van der Waals surface area (Å²) >= 11 is 0. The van der Waals surface area contributed by atoms with Gasteiger partial charge in [-0.05, 0) is 0 Å². The van der Waals surface area contributed by atoms with Crippen LogP contribution in [0.3, 0.4) is 0 Å². The standard InChI is InChI=1S/C9H23NO2Si/c1-11-8-6-10(7-9-12-2)13(3,4)5/h6-9H2,1-5H3. The predicted molar refractivity (Wildman–Crippen MR) is 58.7 cm³/mol. The van der Waals surface area contributed by atoms with Gasteiger partial charge in [0.05, 0.1) is 13.2 Å². The van der Waals surface area contributed by atoms with Crippen LogP contribution < -0.4 is 0 Å². The number of hydrogen-bond acceptors (Lipinski definition) is 3. The van der Waals surface area contributed by atoms with Crippen molar-refractivity contribution < 1.29 is 9.47 Å². The molecule has 0 fully saturated rings. The monoisotopic (exact) mass is 205 g/mol. The molecule has 0 spiro atoms. The van der Waals surface area contributed by atoms with E-state index < -0.39 is 8.24 Å². The molecule has 0 atom stereocenters. The van der Waals surface area contributed by atoms with Gasteiger partial charge in [-0.2, -0.15) is 0 Å². The summed E-state index contributed by atoms with van der Waals surface area (Å²) in [6, 6.07) is 0. The molecule has 0 rings (SSSR count). The first-order valence-corrected chi connectivity index (χ1v) is 8.20. The smallest absolute Gasteiger partial charge is 0.119 e. The maximum atomic E-state index is 5.09. The average molecular weight is 205 g/mol. The van der Waals surface area contributed by atoms with Gasteiger partial charge in [-0.25, -0.2) is 0 Å². The van der Waals surface area contributed by atoms with E-state index in [1.807, 2.05) is 0 Å². The number of nitrogens with zero attached hydrogens (tertiary/aromatic N) is 1. The summed E-state index contributed by atoms with van der Waals surface area (Å²) in [5.74, 6) is 0. The summed E-state index contributed by atoms with van der Waals surface area (Å²) in [5.41, 5.74) is 0. The van der Waals surface area contributed by atoms with Crippen molar-refractivity contribution in [1.29, 1.82) is 0 Å². The zero-order chi connectivity index (χ0) is 10.3. The summed E-state index contributed by atoms with van der Waals surface area (Å²) in [7, 11) is 2.31. The Kier molecular flexibility index (Phi) is 6.58. The first-order valence-electron chi connectivity index (χ1n) is 4.75. The van der Waals surface area contributed by atoms with Crippen molar-refractivity contribution in [2.75, 3.05) is 40.5 Å². The van der Waals surface area contributed by atoms with Gasteiger partial charge in [0.2, 0.25) is 0 Å². The Bertz CT molecular complexity index is 117. The van der Waals surface area contributed by atoms with Gasteiger partial charge in [0.15, 0.2) is 0 Å². The molecule has 80 valence electrons. The summed E-state index contributed by atoms with van der Waals surface area (Å²) in [6.45, 7) is 10.7. The molecule has 0 radical (unpaired) electrons. The van der Waals surface area contributed by atoms with Crippen molar-refractivity contribution >= 4 is 8.24 Å². The molecule has 0 aliphatic rings. The zero-order valence-corrected chi connectivity index (χ0v) is 10.6. The minimum Gasteiger partial charge on any atom is -0.383 e. The molecular weight excluding hydrogens is 182 g/mol. The number of rotatable bonds is 7. The highest BCUT2D eigenvalue weighted by atomic mass is 28.3. The van der Waals surface area contributed by atoms with Gasteiger partial charge in [-0.1, -0.05) is 19.6 Å². The highest BCUT2D eigenvalue weighted by molar-refractivity contribution is 6.73.